The van der Waals surface area contributed by atoms with Crippen molar-refractivity contribution in [1.82, 2.24) is 10.2 Å². The van der Waals surface area contributed by atoms with E-state index in [-0.39, 0.29) is 25.0 Å². The monoisotopic (exact) mass is 358 g/mol. The fourth-order valence-electron chi connectivity index (χ4n) is 1.70. The Labute approximate surface area is 132 Å². The molecule has 2 N–H and O–H groups in total. The van der Waals surface area contributed by atoms with Crippen LogP contribution in [-0.2, 0) is 4.79 Å². The van der Waals surface area contributed by atoms with Crippen molar-refractivity contribution in [1.29, 1.82) is 0 Å². The predicted molar refractivity (Wildman–Crippen MR) is 82.5 cm³/mol. The molecule has 0 fully saturated rings. The minimum atomic E-state index is -0.929. The number of carboxylic acid groups (broad SMARTS) is 1. The third-order valence-corrected chi connectivity index (χ3v) is 3.64. The number of carbonyl (C=O) groups is 2. The molecular formula is C14H19BrN2O4. The van der Waals surface area contributed by atoms with Crippen molar-refractivity contribution >= 4 is 27.9 Å². The van der Waals surface area contributed by atoms with Crippen LogP contribution in [0, 0.1) is 0 Å². The average Bonchev–Trinajstić information content (AvgIpc) is 2.44. The highest BCUT2D eigenvalue weighted by molar-refractivity contribution is 9.10. The van der Waals surface area contributed by atoms with Gasteiger partial charge in [0.05, 0.1) is 24.0 Å². The van der Waals surface area contributed by atoms with Crippen LogP contribution in [0.4, 0.5) is 4.79 Å². The second-order valence-corrected chi connectivity index (χ2v) is 5.48. The van der Waals surface area contributed by atoms with Gasteiger partial charge in [-0.3, -0.25) is 4.79 Å². The molecule has 0 aliphatic carbocycles. The number of carbonyl (C=O) groups excluding carboxylic acids is 1. The number of methoxy groups -OCH3 is 1. The van der Waals surface area contributed by atoms with Crippen molar-refractivity contribution in [3.63, 3.8) is 0 Å². The van der Waals surface area contributed by atoms with E-state index in [0.717, 1.165) is 15.8 Å². The van der Waals surface area contributed by atoms with Gasteiger partial charge in [-0.05, 0) is 40.5 Å². The first-order chi connectivity index (χ1) is 9.85. The van der Waals surface area contributed by atoms with E-state index in [1.807, 2.05) is 25.1 Å². The first kappa shape index (κ1) is 17.3. The number of hydrogen-bond acceptors (Lipinski definition) is 3. The van der Waals surface area contributed by atoms with Crippen LogP contribution in [-0.4, -0.2) is 42.7 Å². The van der Waals surface area contributed by atoms with Crippen LogP contribution in [0.1, 0.15) is 24.9 Å². The van der Waals surface area contributed by atoms with E-state index >= 15 is 0 Å². The maximum absolute atomic E-state index is 11.9. The van der Waals surface area contributed by atoms with Gasteiger partial charge in [0.2, 0.25) is 0 Å². The molecule has 0 aromatic heterocycles. The lowest BCUT2D eigenvalue weighted by Gasteiger charge is -2.21. The molecule has 2 amide bonds. The standard InChI is InChI=1S/C14H19BrN2O4/c1-9(10-4-5-12(21-3)11(15)8-10)16-14(20)17(2)7-6-13(18)19/h4-5,8-9H,6-7H2,1-3H3,(H,16,20)(H,18,19). The van der Waals surface area contributed by atoms with Crippen LogP contribution >= 0.6 is 15.9 Å². The summed E-state index contributed by atoms with van der Waals surface area (Å²) in [4.78, 5) is 23.8. The number of urea groups is 1. The Morgan fingerprint density at radius 2 is 2.14 bits per heavy atom. The first-order valence-corrected chi connectivity index (χ1v) is 7.21. The Morgan fingerprint density at radius 3 is 2.67 bits per heavy atom. The van der Waals surface area contributed by atoms with Crippen LogP contribution in [0.3, 0.4) is 0 Å². The molecular weight excluding hydrogens is 340 g/mol. The Bertz CT molecular complexity index is 522. The molecule has 1 aromatic carbocycles. The molecule has 0 aliphatic rings. The highest BCUT2D eigenvalue weighted by atomic mass is 79.9. The van der Waals surface area contributed by atoms with Crippen molar-refractivity contribution < 1.29 is 19.4 Å². The van der Waals surface area contributed by atoms with Gasteiger partial charge in [0.1, 0.15) is 5.75 Å². The Balaban J connectivity index is 2.63. The lowest BCUT2D eigenvalue weighted by atomic mass is 10.1. The molecule has 0 bridgehead atoms. The number of ether oxygens (including phenoxy) is 1. The Morgan fingerprint density at radius 1 is 1.48 bits per heavy atom. The second kappa shape index (κ2) is 7.87. The minimum absolute atomic E-state index is 0.0770. The number of rotatable bonds is 6. The largest absolute Gasteiger partial charge is 0.496 e. The Hall–Kier alpha value is -1.76. The predicted octanol–water partition coefficient (Wildman–Crippen LogP) is 2.63. The molecule has 21 heavy (non-hydrogen) atoms. The van der Waals surface area contributed by atoms with E-state index in [1.165, 1.54) is 4.90 Å². The van der Waals surface area contributed by atoms with E-state index in [4.69, 9.17) is 9.84 Å². The van der Waals surface area contributed by atoms with Crippen LogP contribution in [0.2, 0.25) is 0 Å². The summed E-state index contributed by atoms with van der Waals surface area (Å²) in [6.07, 6.45) is -0.0770. The van der Waals surface area contributed by atoms with Gasteiger partial charge < -0.3 is 20.1 Å². The summed E-state index contributed by atoms with van der Waals surface area (Å²) >= 11 is 3.40. The van der Waals surface area contributed by atoms with Crippen molar-refractivity contribution in [2.45, 2.75) is 19.4 Å². The fraction of sp³-hybridized carbons (Fsp3) is 0.429. The molecule has 1 unspecified atom stereocenters. The molecule has 0 spiro atoms. The number of nitrogens with one attached hydrogen (secondary N) is 1. The fourth-order valence-corrected chi connectivity index (χ4v) is 2.25. The van der Waals surface area contributed by atoms with Gasteiger partial charge in [-0.2, -0.15) is 0 Å². The van der Waals surface area contributed by atoms with Crippen LogP contribution in [0.5, 0.6) is 5.75 Å². The molecule has 1 rings (SSSR count). The first-order valence-electron chi connectivity index (χ1n) is 6.42. The number of nitrogens with zero attached hydrogens (tertiary/aromatic N) is 1. The maximum Gasteiger partial charge on any atom is 0.317 e. The van der Waals surface area contributed by atoms with Crippen molar-refractivity contribution in [3.8, 4) is 5.75 Å². The molecule has 7 heteroatoms. The Kier molecular flexibility index (Phi) is 6.48. The molecule has 0 radical (unpaired) electrons. The quantitative estimate of drug-likeness (QED) is 0.819. The van der Waals surface area contributed by atoms with E-state index in [1.54, 1.807) is 14.2 Å². The molecule has 0 saturated carbocycles. The molecule has 1 aromatic rings. The van der Waals surface area contributed by atoms with E-state index < -0.39 is 5.97 Å². The molecule has 0 heterocycles. The smallest absolute Gasteiger partial charge is 0.317 e. The molecule has 0 saturated heterocycles. The van der Waals surface area contributed by atoms with Gasteiger partial charge in [-0.1, -0.05) is 6.07 Å². The zero-order valence-electron chi connectivity index (χ0n) is 12.2. The van der Waals surface area contributed by atoms with E-state index in [9.17, 15) is 9.59 Å². The lowest BCUT2D eigenvalue weighted by molar-refractivity contribution is -0.137. The molecule has 0 aliphatic heterocycles. The summed E-state index contributed by atoms with van der Waals surface area (Å²) in [6.45, 7) is 2.03. The molecule has 6 nitrogen and oxygen atoms in total. The summed E-state index contributed by atoms with van der Waals surface area (Å²) in [5, 5.41) is 11.4. The van der Waals surface area contributed by atoms with Gasteiger partial charge in [0, 0.05) is 13.6 Å². The van der Waals surface area contributed by atoms with Crippen LogP contribution < -0.4 is 10.1 Å². The maximum atomic E-state index is 11.9. The molecule has 116 valence electrons. The minimum Gasteiger partial charge on any atom is -0.496 e. The lowest BCUT2D eigenvalue weighted by Crippen LogP contribution is -2.39. The topological polar surface area (TPSA) is 78.9 Å². The highest BCUT2D eigenvalue weighted by Gasteiger charge is 2.15. The summed E-state index contributed by atoms with van der Waals surface area (Å²) < 4.78 is 5.96. The van der Waals surface area contributed by atoms with Crippen LogP contribution in [0.15, 0.2) is 22.7 Å². The SMILES string of the molecule is COc1ccc(C(C)NC(=O)N(C)CCC(=O)O)cc1Br. The van der Waals surface area contributed by atoms with E-state index in [0.29, 0.717) is 0 Å². The summed E-state index contributed by atoms with van der Waals surface area (Å²) in [5.41, 5.74) is 0.919. The summed E-state index contributed by atoms with van der Waals surface area (Å²) in [5.74, 6) is -0.211. The number of halogens is 1. The van der Waals surface area contributed by atoms with Crippen molar-refractivity contribution in [3.05, 3.63) is 28.2 Å². The van der Waals surface area contributed by atoms with Gasteiger partial charge in [0.15, 0.2) is 0 Å². The number of carboxylic acids is 1. The second-order valence-electron chi connectivity index (χ2n) is 4.63. The third kappa shape index (κ3) is 5.26. The number of amides is 2. The summed E-state index contributed by atoms with van der Waals surface area (Å²) in [6, 6.07) is 5.05. The van der Waals surface area contributed by atoms with E-state index in [2.05, 4.69) is 21.2 Å². The van der Waals surface area contributed by atoms with Gasteiger partial charge in [-0.15, -0.1) is 0 Å². The summed E-state index contributed by atoms with van der Waals surface area (Å²) in [7, 11) is 3.15. The van der Waals surface area contributed by atoms with Crippen molar-refractivity contribution in [2.75, 3.05) is 20.7 Å². The average molecular weight is 359 g/mol. The molecule has 1 atom stereocenters. The van der Waals surface area contributed by atoms with Crippen LogP contribution in [0.25, 0.3) is 0 Å². The third-order valence-electron chi connectivity index (χ3n) is 3.02. The zero-order valence-corrected chi connectivity index (χ0v) is 13.8. The van der Waals surface area contributed by atoms with Crippen molar-refractivity contribution in [2.24, 2.45) is 0 Å². The van der Waals surface area contributed by atoms with Gasteiger partial charge >= 0.3 is 12.0 Å². The number of aliphatic carboxylic acids is 1. The van der Waals surface area contributed by atoms with Gasteiger partial charge in [0.25, 0.3) is 0 Å². The highest BCUT2D eigenvalue weighted by Crippen LogP contribution is 2.27. The zero-order chi connectivity index (χ0) is 16.0. The number of hydrogen-bond donors (Lipinski definition) is 2. The normalized spacial score (nSPS) is 11.6. The number of benzene rings is 1. The van der Waals surface area contributed by atoms with Gasteiger partial charge in [-0.25, -0.2) is 4.79 Å².